The third-order valence-corrected chi connectivity index (χ3v) is 2.89. The maximum absolute atomic E-state index is 11.9. The molecule has 1 saturated heterocycles. The van der Waals surface area contributed by atoms with Gasteiger partial charge >= 0.3 is 6.43 Å². The van der Waals surface area contributed by atoms with E-state index in [1.54, 1.807) is 0 Å². The van der Waals surface area contributed by atoms with Crippen LogP contribution in [-0.2, 0) is 9.53 Å². The molecule has 0 aliphatic carbocycles. The van der Waals surface area contributed by atoms with Crippen LogP contribution in [0.15, 0.2) is 0 Å². The lowest BCUT2D eigenvalue weighted by molar-refractivity contribution is -0.131. The van der Waals surface area contributed by atoms with E-state index in [0.717, 1.165) is 32.5 Å². The summed E-state index contributed by atoms with van der Waals surface area (Å²) >= 11 is 0. The molecular weight excluding hydrogens is 242 g/mol. The lowest BCUT2D eigenvalue weighted by Gasteiger charge is -2.35. The number of rotatable bonds is 6. The lowest BCUT2D eigenvalue weighted by Crippen LogP contribution is -2.45. The molecule has 1 aliphatic heterocycles. The van der Waals surface area contributed by atoms with Crippen LogP contribution in [0.4, 0.5) is 8.78 Å². The number of carbonyl (C=O) groups excluding carboxylic acids is 1. The molecule has 0 aromatic heterocycles. The fourth-order valence-electron chi connectivity index (χ4n) is 2.22. The van der Waals surface area contributed by atoms with Gasteiger partial charge in [0.05, 0.1) is 12.2 Å². The SMILES string of the molecule is CC1CN(CCCCNC(=O)C(F)F)CC(C)O1. The Morgan fingerprint density at radius 1 is 1.33 bits per heavy atom. The van der Waals surface area contributed by atoms with Crippen molar-refractivity contribution in [2.45, 2.75) is 45.3 Å². The quantitative estimate of drug-likeness (QED) is 0.734. The van der Waals surface area contributed by atoms with Gasteiger partial charge < -0.3 is 10.1 Å². The Bertz CT molecular complexity index is 254. The average molecular weight is 264 g/mol. The summed E-state index contributed by atoms with van der Waals surface area (Å²) in [5, 5.41) is 2.21. The number of hydrogen-bond donors (Lipinski definition) is 1. The minimum absolute atomic E-state index is 0.243. The Hall–Kier alpha value is -0.750. The van der Waals surface area contributed by atoms with Gasteiger partial charge in [-0.05, 0) is 33.2 Å². The highest BCUT2D eigenvalue weighted by molar-refractivity contribution is 5.78. The third kappa shape index (κ3) is 5.73. The van der Waals surface area contributed by atoms with Gasteiger partial charge in [0.1, 0.15) is 0 Å². The summed E-state index contributed by atoms with van der Waals surface area (Å²) in [4.78, 5) is 12.9. The molecule has 1 N–H and O–H groups in total. The normalized spacial score (nSPS) is 25.4. The van der Waals surface area contributed by atoms with Crippen molar-refractivity contribution in [3.05, 3.63) is 0 Å². The van der Waals surface area contributed by atoms with Crippen LogP contribution in [0, 0.1) is 0 Å². The standard InChI is InChI=1S/C12H22F2N2O2/c1-9-7-16(8-10(2)18-9)6-4-3-5-15-12(17)11(13)14/h9-11H,3-8H2,1-2H3,(H,15,17). The van der Waals surface area contributed by atoms with E-state index in [4.69, 9.17) is 4.74 Å². The van der Waals surface area contributed by atoms with Gasteiger partial charge in [-0.15, -0.1) is 0 Å². The molecule has 0 bridgehead atoms. The maximum Gasteiger partial charge on any atom is 0.315 e. The predicted octanol–water partition coefficient (Wildman–Crippen LogP) is 1.26. The summed E-state index contributed by atoms with van der Waals surface area (Å²) in [6.45, 7) is 7.15. The van der Waals surface area contributed by atoms with Crippen molar-refractivity contribution in [2.75, 3.05) is 26.2 Å². The van der Waals surface area contributed by atoms with Gasteiger partial charge in [-0.3, -0.25) is 9.69 Å². The Morgan fingerprint density at radius 3 is 2.50 bits per heavy atom. The molecule has 0 spiro atoms. The molecule has 2 unspecified atom stereocenters. The number of amides is 1. The molecule has 0 radical (unpaired) electrons. The van der Waals surface area contributed by atoms with Crippen LogP contribution in [0.2, 0.25) is 0 Å². The molecule has 1 fully saturated rings. The molecule has 1 rings (SSSR count). The number of carbonyl (C=O) groups is 1. The number of nitrogens with one attached hydrogen (secondary N) is 1. The first-order valence-corrected chi connectivity index (χ1v) is 6.42. The van der Waals surface area contributed by atoms with Gasteiger partial charge in [-0.2, -0.15) is 8.78 Å². The molecule has 2 atom stereocenters. The second kappa shape index (κ2) is 7.63. The van der Waals surface area contributed by atoms with Crippen LogP contribution in [0.1, 0.15) is 26.7 Å². The molecule has 0 saturated carbocycles. The van der Waals surface area contributed by atoms with Crippen molar-refractivity contribution >= 4 is 5.91 Å². The van der Waals surface area contributed by atoms with Crippen LogP contribution >= 0.6 is 0 Å². The van der Waals surface area contributed by atoms with E-state index in [1.807, 2.05) is 13.8 Å². The van der Waals surface area contributed by atoms with E-state index in [9.17, 15) is 13.6 Å². The van der Waals surface area contributed by atoms with Crippen LogP contribution < -0.4 is 5.32 Å². The van der Waals surface area contributed by atoms with Gasteiger partial charge in [0, 0.05) is 19.6 Å². The molecule has 18 heavy (non-hydrogen) atoms. The minimum atomic E-state index is -2.91. The first kappa shape index (κ1) is 15.3. The molecule has 0 aromatic rings. The third-order valence-electron chi connectivity index (χ3n) is 2.89. The van der Waals surface area contributed by atoms with E-state index in [2.05, 4.69) is 10.2 Å². The van der Waals surface area contributed by atoms with E-state index in [-0.39, 0.29) is 12.2 Å². The number of nitrogens with zero attached hydrogens (tertiary/aromatic N) is 1. The number of morpholine rings is 1. The van der Waals surface area contributed by atoms with E-state index in [1.165, 1.54) is 0 Å². The molecular formula is C12H22F2N2O2. The van der Waals surface area contributed by atoms with Gasteiger partial charge in [0.25, 0.3) is 5.91 Å². The molecule has 1 amide bonds. The van der Waals surface area contributed by atoms with Crippen LogP contribution in [0.25, 0.3) is 0 Å². The van der Waals surface area contributed by atoms with Crippen molar-refractivity contribution in [3.8, 4) is 0 Å². The van der Waals surface area contributed by atoms with Crippen LogP contribution in [-0.4, -0.2) is 55.6 Å². The molecule has 106 valence electrons. The van der Waals surface area contributed by atoms with Crippen molar-refractivity contribution in [1.82, 2.24) is 10.2 Å². The smallest absolute Gasteiger partial charge is 0.315 e. The number of halogens is 2. The van der Waals surface area contributed by atoms with Crippen LogP contribution in [0.3, 0.4) is 0 Å². The second-order valence-corrected chi connectivity index (χ2v) is 4.82. The highest BCUT2D eigenvalue weighted by atomic mass is 19.3. The van der Waals surface area contributed by atoms with Gasteiger partial charge in [-0.25, -0.2) is 0 Å². The van der Waals surface area contributed by atoms with Gasteiger partial charge in [0.2, 0.25) is 0 Å². The number of ether oxygens (including phenoxy) is 1. The Morgan fingerprint density at radius 2 is 1.94 bits per heavy atom. The average Bonchev–Trinajstić information content (AvgIpc) is 2.26. The molecule has 1 heterocycles. The molecule has 6 heteroatoms. The lowest BCUT2D eigenvalue weighted by atomic mass is 10.2. The minimum Gasteiger partial charge on any atom is -0.373 e. The van der Waals surface area contributed by atoms with Crippen molar-refractivity contribution in [3.63, 3.8) is 0 Å². The summed E-state index contributed by atoms with van der Waals surface area (Å²) in [6.07, 6.45) is -0.813. The number of hydrogen-bond acceptors (Lipinski definition) is 3. The highest BCUT2D eigenvalue weighted by Gasteiger charge is 2.21. The summed E-state index contributed by atoms with van der Waals surface area (Å²) in [5.74, 6) is -1.18. The largest absolute Gasteiger partial charge is 0.373 e. The van der Waals surface area contributed by atoms with E-state index >= 15 is 0 Å². The maximum atomic E-state index is 11.9. The Kier molecular flexibility index (Phi) is 6.49. The summed E-state index contributed by atoms with van der Waals surface area (Å²) in [5.41, 5.74) is 0. The van der Waals surface area contributed by atoms with E-state index < -0.39 is 12.3 Å². The zero-order valence-corrected chi connectivity index (χ0v) is 11.0. The first-order chi connectivity index (χ1) is 8.49. The van der Waals surface area contributed by atoms with Crippen molar-refractivity contribution in [1.29, 1.82) is 0 Å². The Labute approximate surface area is 107 Å². The zero-order valence-electron chi connectivity index (χ0n) is 11.0. The second-order valence-electron chi connectivity index (χ2n) is 4.82. The summed E-state index contributed by atoms with van der Waals surface area (Å²) in [6, 6.07) is 0. The number of unbranched alkanes of at least 4 members (excludes halogenated alkanes) is 1. The zero-order chi connectivity index (χ0) is 13.5. The first-order valence-electron chi connectivity index (χ1n) is 6.42. The van der Waals surface area contributed by atoms with Crippen molar-refractivity contribution in [2.24, 2.45) is 0 Å². The molecule has 4 nitrogen and oxygen atoms in total. The topological polar surface area (TPSA) is 41.6 Å². The summed E-state index contributed by atoms with van der Waals surface area (Å²) in [7, 11) is 0. The predicted molar refractivity (Wildman–Crippen MR) is 64.7 cm³/mol. The van der Waals surface area contributed by atoms with Gasteiger partial charge in [-0.1, -0.05) is 0 Å². The fourth-order valence-corrected chi connectivity index (χ4v) is 2.22. The molecule has 0 aromatic carbocycles. The summed E-state index contributed by atoms with van der Waals surface area (Å²) < 4.78 is 29.4. The highest BCUT2D eigenvalue weighted by Crippen LogP contribution is 2.11. The molecule has 1 aliphatic rings. The monoisotopic (exact) mass is 264 g/mol. The van der Waals surface area contributed by atoms with E-state index in [0.29, 0.717) is 6.54 Å². The van der Waals surface area contributed by atoms with Crippen LogP contribution in [0.5, 0.6) is 0 Å². The Balaban J connectivity index is 2.05. The van der Waals surface area contributed by atoms with Gasteiger partial charge in [0.15, 0.2) is 0 Å². The number of alkyl halides is 2. The van der Waals surface area contributed by atoms with Crippen molar-refractivity contribution < 1.29 is 18.3 Å². The fraction of sp³-hybridized carbons (Fsp3) is 0.917.